The Kier molecular flexibility index (Phi) is 4.15. The SMILES string of the molecule is CC[C@H](C(=O)O)[C@H](C)N=C=O. The molecule has 0 heterocycles. The molecular weight excluding hydrogens is 146 g/mol. The molecule has 0 amide bonds. The van der Waals surface area contributed by atoms with Crippen molar-refractivity contribution in [1.29, 1.82) is 0 Å². The van der Waals surface area contributed by atoms with Crippen LogP contribution in [0.15, 0.2) is 4.99 Å². The highest BCUT2D eigenvalue weighted by molar-refractivity contribution is 5.70. The zero-order valence-electron chi connectivity index (χ0n) is 6.57. The lowest BCUT2D eigenvalue weighted by Crippen LogP contribution is -2.23. The summed E-state index contributed by atoms with van der Waals surface area (Å²) in [5.41, 5.74) is 0. The highest BCUT2D eigenvalue weighted by Crippen LogP contribution is 2.11. The minimum Gasteiger partial charge on any atom is -0.481 e. The maximum absolute atomic E-state index is 10.5. The lowest BCUT2D eigenvalue weighted by atomic mass is 9.99. The summed E-state index contributed by atoms with van der Waals surface area (Å²) in [6, 6.07) is -0.477. The number of aliphatic carboxylic acids is 1. The van der Waals surface area contributed by atoms with Crippen molar-refractivity contribution in [2.45, 2.75) is 26.3 Å². The molecule has 2 atom stereocenters. The number of rotatable bonds is 4. The Morgan fingerprint density at radius 2 is 2.27 bits per heavy atom. The average molecular weight is 157 g/mol. The van der Waals surface area contributed by atoms with Gasteiger partial charge in [0, 0.05) is 0 Å². The second-order valence-electron chi connectivity index (χ2n) is 2.31. The Morgan fingerprint density at radius 3 is 2.55 bits per heavy atom. The van der Waals surface area contributed by atoms with Crippen molar-refractivity contribution in [3.05, 3.63) is 0 Å². The smallest absolute Gasteiger partial charge is 0.308 e. The third-order valence-electron chi connectivity index (χ3n) is 1.60. The van der Waals surface area contributed by atoms with Crippen LogP contribution in [0.3, 0.4) is 0 Å². The number of carboxylic acids is 1. The summed E-state index contributed by atoms with van der Waals surface area (Å²) in [6.45, 7) is 3.34. The van der Waals surface area contributed by atoms with E-state index in [1.165, 1.54) is 6.08 Å². The highest BCUT2D eigenvalue weighted by atomic mass is 16.4. The first-order valence-electron chi connectivity index (χ1n) is 3.43. The third-order valence-corrected chi connectivity index (χ3v) is 1.60. The van der Waals surface area contributed by atoms with Crippen LogP contribution < -0.4 is 0 Å². The molecule has 0 aromatic carbocycles. The van der Waals surface area contributed by atoms with E-state index in [9.17, 15) is 9.59 Å². The number of carbonyl (C=O) groups is 1. The van der Waals surface area contributed by atoms with Gasteiger partial charge in [0.2, 0.25) is 6.08 Å². The van der Waals surface area contributed by atoms with Crippen LogP contribution >= 0.6 is 0 Å². The molecule has 11 heavy (non-hydrogen) atoms. The van der Waals surface area contributed by atoms with Gasteiger partial charge < -0.3 is 5.11 Å². The summed E-state index contributed by atoms with van der Waals surface area (Å²) < 4.78 is 0. The molecule has 1 N–H and O–H groups in total. The van der Waals surface area contributed by atoms with Crippen molar-refractivity contribution in [3.8, 4) is 0 Å². The van der Waals surface area contributed by atoms with Crippen LogP contribution in [0.25, 0.3) is 0 Å². The van der Waals surface area contributed by atoms with Gasteiger partial charge in [0.05, 0.1) is 12.0 Å². The predicted octanol–water partition coefficient (Wildman–Crippen LogP) is 0.821. The van der Waals surface area contributed by atoms with Gasteiger partial charge in [-0.05, 0) is 13.3 Å². The van der Waals surface area contributed by atoms with E-state index in [2.05, 4.69) is 4.99 Å². The minimum atomic E-state index is -0.918. The van der Waals surface area contributed by atoms with E-state index in [1.54, 1.807) is 13.8 Å². The lowest BCUT2D eigenvalue weighted by molar-refractivity contribution is -0.142. The van der Waals surface area contributed by atoms with Gasteiger partial charge in [-0.3, -0.25) is 4.79 Å². The van der Waals surface area contributed by atoms with Crippen molar-refractivity contribution >= 4 is 12.0 Å². The van der Waals surface area contributed by atoms with E-state index < -0.39 is 17.9 Å². The van der Waals surface area contributed by atoms with Crippen molar-refractivity contribution in [1.82, 2.24) is 0 Å². The van der Waals surface area contributed by atoms with Gasteiger partial charge in [0.1, 0.15) is 0 Å². The first-order valence-corrected chi connectivity index (χ1v) is 3.43. The molecule has 0 aliphatic rings. The third kappa shape index (κ3) is 2.96. The monoisotopic (exact) mass is 157 g/mol. The molecule has 0 spiro atoms. The Labute approximate surface area is 64.9 Å². The minimum absolute atomic E-state index is 0.474. The normalized spacial score (nSPS) is 14.7. The van der Waals surface area contributed by atoms with Crippen LogP contribution in [0.4, 0.5) is 0 Å². The van der Waals surface area contributed by atoms with Crippen LogP contribution in [0, 0.1) is 5.92 Å². The molecule has 0 aliphatic carbocycles. The number of carbonyl (C=O) groups excluding carboxylic acids is 1. The fourth-order valence-electron chi connectivity index (χ4n) is 0.895. The second kappa shape index (κ2) is 4.63. The van der Waals surface area contributed by atoms with Crippen molar-refractivity contribution in [3.63, 3.8) is 0 Å². The number of nitrogens with zero attached hydrogens (tertiary/aromatic N) is 1. The van der Waals surface area contributed by atoms with Gasteiger partial charge in [0.15, 0.2) is 0 Å². The van der Waals surface area contributed by atoms with Gasteiger partial charge in [-0.1, -0.05) is 6.92 Å². The number of carboxylic acid groups (broad SMARTS) is 1. The number of hydrogen-bond acceptors (Lipinski definition) is 3. The van der Waals surface area contributed by atoms with E-state index >= 15 is 0 Å². The van der Waals surface area contributed by atoms with Gasteiger partial charge in [-0.25, -0.2) is 9.79 Å². The van der Waals surface area contributed by atoms with Gasteiger partial charge >= 0.3 is 5.97 Å². The van der Waals surface area contributed by atoms with Crippen molar-refractivity contribution in [2.24, 2.45) is 10.9 Å². The fraction of sp³-hybridized carbons (Fsp3) is 0.714. The van der Waals surface area contributed by atoms with E-state index in [1.807, 2.05) is 0 Å². The molecule has 0 aliphatic heterocycles. The van der Waals surface area contributed by atoms with Crippen LogP contribution in [-0.2, 0) is 9.59 Å². The molecule has 4 nitrogen and oxygen atoms in total. The summed E-state index contributed by atoms with van der Waals surface area (Å²) in [4.78, 5) is 23.6. The largest absolute Gasteiger partial charge is 0.481 e. The molecule has 4 heteroatoms. The summed E-state index contributed by atoms with van der Waals surface area (Å²) >= 11 is 0. The van der Waals surface area contributed by atoms with Crippen LogP contribution in [0.5, 0.6) is 0 Å². The Hall–Kier alpha value is -1.15. The maximum atomic E-state index is 10.5. The molecule has 0 bridgehead atoms. The second-order valence-corrected chi connectivity index (χ2v) is 2.31. The zero-order valence-corrected chi connectivity index (χ0v) is 6.57. The van der Waals surface area contributed by atoms with E-state index in [0.717, 1.165) is 0 Å². The summed E-state index contributed by atoms with van der Waals surface area (Å²) in [7, 11) is 0. The van der Waals surface area contributed by atoms with Crippen LogP contribution in [-0.4, -0.2) is 23.2 Å². The predicted molar refractivity (Wildman–Crippen MR) is 39.0 cm³/mol. The Bertz CT molecular complexity index is 184. The van der Waals surface area contributed by atoms with Crippen molar-refractivity contribution < 1.29 is 14.7 Å². The molecule has 0 unspecified atom stereocenters. The first-order chi connectivity index (χ1) is 5.13. The van der Waals surface area contributed by atoms with Crippen molar-refractivity contribution in [2.75, 3.05) is 0 Å². The molecule has 0 aromatic heterocycles. The summed E-state index contributed by atoms with van der Waals surface area (Å²) in [5.74, 6) is -1.49. The van der Waals surface area contributed by atoms with Crippen LogP contribution in [0.1, 0.15) is 20.3 Å². The summed E-state index contributed by atoms with van der Waals surface area (Å²) in [5, 5.41) is 8.58. The molecule has 0 saturated heterocycles. The number of isocyanates is 1. The van der Waals surface area contributed by atoms with Gasteiger partial charge in [0.25, 0.3) is 0 Å². The molecular formula is C7H11NO3. The molecule has 0 radical (unpaired) electrons. The van der Waals surface area contributed by atoms with E-state index in [4.69, 9.17) is 5.11 Å². The van der Waals surface area contributed by atoms with Gasteiger partial charge in [-0.15, -0.1) is 0 Å². The molecule has 0 rings (SSSR count). The van der Waals surface area contributed by atoms with Gasteiger partial charge in [-0.2, -0.15) is 0 Å². The number of aliphatic imine (C=N–C) groups is 1. The molecule has 62 valence electrons. The van der Waals surface area contributed by atoms with E-state index in [-0.39, 0.29) is 0 Å². The average Bonchev–Trinajstić information content (AvgIpc) is 1.88. The zero-order chi connectivity index (χ0) is 8.85. The fourth-order valence-corrected chi connectivity index (χ4v) is 0.895. The van der Waals surface area contributed by atoms with Crippen LogP contribution in [0.2, 0.25) is 0 Å². The standard InChI is InChI=1S/C7H11NO3/c1-3-6(7(10)11)5(2)8-4-9/h5-6H,3H2,1-2H3,(H,10,11)/t5-,6-/m0/s1. The lowest BCUT2D eigenvalue weighted by Gasteiger charge is -2.11. The highest BCUT2D eigenvalue weighted by Gasteiger charge is 2.21. The molecule has 0 fully saturated rings. The van der Waals surface area contributed by atoms with E-state index in [0.29, 0.717) is 6.42 Å². The topological polar surface area (TPSA) is 66.7 Å². The Morgan fingerprint density at radius 1 is 1.73 bits per heavy atom. The quantitative estimate of drug-likeness (QED) is 0.485. The molecule has 0 aromatic rings. The molecule has 0 saturated carbocycles. The summed E-state index contributed by atoms with van der Waals surface area (Å²) in [6.07, 6.45) is 1.82. The number of hydrogen-bond donors (Lipinski definition) is 1. The Balaban J connectivity index is 4.24. The maximum Gasteiger partial charge on any atom is 0.308 e. The first kappa shape index (κ1) is 9.85.